The number of aromatic nitrogens is 3. The Morgan fingerprint density at radius 1 is 1.15 bits per heavy atom. The van der Waals surface area contributed by atoms with Gasteiger partial charge in [0.2, 0.25) is 0 Å². The van der Waals surface area contributed by atoms with E-state index in [0.29, 0.717) is 18.0 Å². The number of rotatable bonds is 4. The number of nitrogens with zero attached hydrogens (tertiary/aromatic N) is 4. The average Bonchev–Trinajstić information content (AvgIpc) is 3.51. The first-order chi connectivity index (χ1) is 13.0. The first-order valence-electron chi connectivity index (χ1n) is 9.47. The van der Waals surface area contributed by atoms with Gasteiger partial charge in [-0.25, -0.2) is 15.0 Å². The number of carbonyl (C=O) groups is 1. The lowest BCUT2D eigenvalue weighted by molar-refractivity contribution is 0.0804. The van der Waals surface area contributed by atoms with Gasteiger partial charge in [0, 0.05) is 42.9 Å². The maximum absolute atomic E-state index is 13.0. The summed E-state index contributed by atoms with van der Waals surface area (Å²) in [6.45, 7) is 6.71. The predicted molar refractivity (Wildman–Crippen MR) is 107 cm³/mol. The standard InChI is InChI=1S/C22H24N4O/c1-5-26(4)22(27)18-10-19(16-11-23-21(24-12-16)15-6-7-15)25-20-14(3)8-13(2)9-17(18)20/h8-12,15H,5-7H2,1-4H3. The highest BCUT2D eigenvalue weighted by molar-refractivity contribution is 6.07. The molecule has 3 aromatic rings. The van der Waals surface area contributed by atoms with Crippen molar-refractivity contribution in [2.45, 2.75) is 39.5 Å². The zero-order chi connectivity index (χ0) is 19.1. The van der Waals surface area contributed by atoms with Gasteiger partial charge < -0.3 is 4.90 Å². The van der Waals surface area contributed by atoms with Crippen molar-refractivity contribution >= 4 is 16.8 Å². The summed E-state index contributed by atoms with van der Waals surface area (Å²) < 4.78 is 0. The topological polar surface area (TPSA) is 59.0 Å². The smallest absolute Gasteiger partial charge is 0.254 e. The van der Waals surface area contributed by atoms with Crippen molar-refractivity contribution in [2.75, 3.05) is 13.6 Å². The van der Waals surface area contributed by atoms with Gasteiger partial charge in [-0.3, -0.25) is 4.79 Å². The largest absolute Gasteiger partial charge is 0.342 e. The molecule has 1 aromatic carbocycles. The molecule has 0 unspecified atom stereocenters. The number of aryl methyl sites for hydroxylation is 2. The van der Waals surface area contributed by atoms with Crippen molar-refractivity contribution in [3.8, 4) is 11.3 Å². The first-order valence-corrected chi connectivity index (χ1v) is 9.47. The molecule has 0 spiro atoms. The fraction of sp³-hybridized carbons (Fsp3) is 0.364. The second kappa shape index (κ2) is 6.72. The van der Waals surface area contributed by atoms with E-state index in [1.54, 1.807) is 4.90 Å². The maximum atomic E-state index is 13.0. The molecule has 5 nitrogen and oxygen atoms in total. The van der Waals surface area contributed by atoms with Crippen molar-refractivity contribution in [1.29, 1.82) is 0 Å². The van der Waals surface area contributed by atoms with Gasteiger partial charge in [0.25, 0.3) is 5.91 Å². The Labute approximate surface area is 159 Å². The molecule has 0 atom stereocenters. The summed E-state index contributed by atoms with van der Waals surface area (Å²) in [5.74, 6) is 1.43. The van der Waals surface area contributed by atoms with E-state index in [1.807, 2.05) is 52.3 Å². The SMILES string of the molecule is CCN(C)C(=O)c1cc(-c2cnc(C3CC3)nc2)nc2c(C)cc(C)cc12. The Hall–Kier alpha value is -2.82. The van der Waals surface area contributed by atoms with Gasteiger partial charge in [0.1, 0.15) is 5.82 Å². The van der Waals surface area contributed by atoms with E-state index in [-0.39, 0.29) is 5.91 Å². The second-order valence-electron chi connectivity index (χ2n) is 7.46. The molecule has 0 N–H and O–H groups in total. The van der Waals surface area contributed by atoms with E-state index in [4.69, 9.17) is 4.98 Å². The molecule has 5 heteroatoms. The lowest BCUT2D eigenvalue weighted by Crippen LogP contribution is -2.26. The number of fused-ring (bicyclic) bond motifs is 1. The molecule has 0 radical (unpaired) electrons. The summed E-state index contributed by atoms with van der Waals surface area (Å²) in [6, 6.07) is 6.03. The minimum atomic E-state index is 0.00617. The third kappa shape index (κ3) is 3.29. The van der Waals surface area contributed by atoms with Gasteiger partial charge in [-0.15, -0.1) is 0 Å². The quantitative estimate of drug-likeness (QED) is 0.697. The molecule has 1 saturated carbocycles. The van der Waals surface area contributed by atoms with Crippen LogP contribution in [0.2, 0.25) is 0 Å². The number of pyridine rings is 1. The number of carbonyl (C=O) groups excluding carboxylic acids is 1. The Kier molecular flexibility index (Phi) is 4.38. The van der Waals surface area contributed by atoms with Crippen molar-refractivity contribution in [3.05, 3.63) is 53.1 Å². The van der Waals surface area contributed by atoms with Gasteiger partial charge in [-0.2, -0.15) is 0 Å². The average molecular weight is 360 g/mol. The van der Waals surface area contributed by atoms with Crippen molar-refractivity contribution < 1.29 is 4.79 Å². The molecule has 4 rings (SSSR count). The molecule has 0 bridgehead atoms. The Balaban J connectivity index is 1.89. The minimum Gasteiger partial charge on any atom is -0.342 e. The predicted octanol–water partition coefficient (Wildman–Crippen LogP) is 4.28. The highest BCUT2D eigenvalue weighted by Crippen LogP contribution is 2.38. The van der Waals surface area contributed by atoms with E-state index in [2.05, 4.69) is 16.0 Å². The molecule has 0 aliphatic heterocycles. The van der Waals surface area contributed by atoms with Gasteiger partial charge in [-0.05, 0) is 51.3 Å². The zero-order valence-corrected chi connectivity index (χ0v) is 16.3. The van der Waals surface area contributed by atoms with E-state index < -0.39 is 0 Å². The van der Waals surface area contributed by atoms with Crippen LogP contribution in [0.15, 0.2) is 30.6 Å². The van der Waals surface area contributed by atoms with Crippen LogP contribution in [-0.2, 0) is 0 Å². The van der Waals surface area contributed by atoms with Crippen LogP contribution in [0.25, 0.3) is 22.2 Å². The van der Waals surface area contributed by atoms with Crippen LogP contribution >= 0.6 is 0 Å². The molecule has 27 heavy (non-hydrogen) atoms. The summed E-state index contributed by atoms with van der Waals surface area (Å²) in [4.78, 5) is 28.6. The molecular formula is C22H24N4O. The van der Waals surface area contributed by atoms with Crippen LogP contribution < -0.4 is 0 Å². The van der Waals surface area contributed by atoms with Crippen LogP contribution in [0.1, 0.15) is 53.0 Å². The molecule has 138 valence electrons. The first kappa shape index (κ1) is 17.6. The lowest BCUT2D eigenvalue weighted by Gasteiger charge is -2.18. The fourth-order valence-electron chi connectivity index (χ4n) is 3.38. The molecule has 2 heterocycles. The van der Waals surface area contributed by atoms with E-state index in [0.717, 1.165) is 39.1 Å². The second-order valence-corrected chi connectivity index (χ2v) is 7.46. The summed E-state index contributed by atoms with van der Waals surface area (Å²) in [6.07, 6.45) is 6.01. The third-order valence-electron chi connectivity index (χ3n) is 5.21. The van der Waals surface area contributed by atoms with E-state index >= 15 is 0 Å². The van der Waals surface area contributed by atoms with E-state index in [1.165, 1.54) is 12.8 Å². The minimum absolute atomic E-state index is 0.00617. The van der Waals surface area contributed by atoms with Gasteiger partial charge in [0.05, 0.1) is 16.8 Å². The maximum Gasteiger partial charge on any atom is 0.254 e. The third-order valence-corrected chi connectivity index (χ3v) is 5.21. The highest BCUT2D eigenvalue weighted by atomic mass is 16.2. The molecule has 1 fully saturated rings. The van der Waals surface area contributed by atoms with Crippen molar-refractivity contribution in [2.24, 2.45) is 0 Å². The molecule has 1 aliphatic rings. The summed E-state index contributed by atoms with van der Waals surface area (Å²) in [5.41, 5.74) is 5.31. The highest BCUT2D eigenvalue weighted by Gasteiger charge is 2.26. The van der Waals surface area contributed by atoms with Gasteiger partial charge >= 0.3 is 0 Å². The fourth-order valence-corrected chi connectivity index (χ4v) is 3.38. The van der Waals surface area contributed by atoms with Crippen LogP contribution in [0.5, 0.6) is 0 Å². The van der Waals surface area contributed by atoms with Crippen LogP contribution in [0.4, 0.5) is 0 Å². The summed E-state index contributed by atoms with van der Waals surface area (Å²) in [5, 5.41) is 0.900. The van der Waals surface area contributed by atoms with Crippen LogP contribution in [0.3, 0.4) is 0 Å². The Bertz CT molecular complexity index is 1020. The van der Waals surface area contributed by atoms with Crippen LogP contribution in [0, 0.1) is 13.8 Å². The molecule has 2 aromatic heterocycles. The summed E-state index contributed by atoms with van der Waals surface area (Å²) >= 11 is 0. The zero-order valence-electron chi connectivity index (χ0n) is 16.3. The molecule has 1 amide bonds. The monoisotopic (exact) mass is 360 g/mol. The van der Waals surface area contributed by atoms with Gasteiger partial charge in [-0.1, -0.05) is 11.6 Å². The lowest BCUT2D eigenvalue weighted by atomic mass is 9.99. The summed E-state index contributed by atoms with van der Waals surface area (Å²) in [7, 11) is 1.82. The van der Waals surface area contributed by atoms with E-state index in [9.17, 15) is 4.79 Å². The number of amides is 1. The number of hydrogen-bond acceptors (Lipinski definition) is 4. The Morgan fingerprint density at radius 3 is 2.48 bits per heavy atom. The van der Waals surface area contributed by atoms with Crippen molar-refractivity contribution in [1.82, 2.24) is 19.9 Å². The van der Waals surface area contributed by atoms with Gasteiger partial charge in [0.15, 0.2) is 0 Å². The molecule has 0 saturated heterocycles. The van der Waals surface area contributed by atoms with Crippen molar-refractivity contribution in [3.63, 3.8) is 0 Å². The normalized spacial score (nSPS) is 13.8. The Morgan fingerprint density at radius 2 is 1.85 bits per heavy atom. The number of hydrogen-bond donors (Lipinski definition) is 0. The number of benzene rings is 1. The molecule has 1 aliphatic carbocycles. The molecular weight excluding hydrogens is 336 g/mol. The van der Waals surface area contributed by atoms with Crippen LogP contribution in [-0.4, -0.2) is 39.4 Å².